The molecule has 1 aliphatic carbocycles. The van der Waals surface area contributed by atoms with Gasteiger partial charge in [0.2, 0.25) is 0 Å². The van der Waals surface area contributed by atoms with Crippen LogP contribution in [0.5, 0.6) is 0 Å². The zero-order valence-electron chi connectivity index (χ0n) is 22.0. The molecule has 6 aromatic rings. The van der Waals surface area contributed by atoms with E-state index in [1.165, 1.54) is 65.7 Å². The molecule has 0 aliphatic heterocycles. The molecule has 1 heteroatoms. The van der Waals surface area contributed by atoms with Crippen LogP contribution in [-0.2, 0) is 11.8 Å². The first-order chi connectivity index (χ1) is 17.9. The lowest BCUT2D eigenvalue weighted by molar-refractivity contribution is 0.648. The average molecular weight is 478 g/mol. The van der Waals surface area contributed by atoms with Crippen LogP contribution >= 0.6 is 0 Å². The van der Waals surface area contributed by atoms with E-state index in [9.17, 15) is 0 Å². The van der Waals surface area contributed by atoms with Crippen molar-refractivity contribution in [2.75, 3.05) is 0 Å². The molecule has 1 aromatic heterocycles. The maximum absolute atomic E-state index is 4.92. The third kappa shape index (κ3) is 3.34. The standard InChI is InChI=1S/C36H31N/c1-22(2)19-23-9-10-24-11-13-26-27(32(24)20-23)15-16-31-28(26)17-18-37-35(31)25-12-14-30-29-7-5-6-8-33(29)36(3,4)34(30)21-25/h5-18,20-22H,19H2,1-4H3. The first-order valence-corrected chi connectivity index (χ1v) is 13.4. The van der Waals surface area contributed by atoms with Gasteiger partial charge in [0.25, 0.3) is 0 Å². The Morgan fingerprint density at radius 2 is 1.35 bits per heavy atom. The summed E-state index contributed by atoms with van der Waals surface area (Å²) in [5, 5.41) is 7.73. The van der Waals surface area contributed by atoms with Gasteiger partial charge in [-0.15, -0.1) is 0 Å². The van der Waals surface area contributed by atoms with E-state index in [1.807, 2.05) is 6.20 Å². The molecule has 0 radical (unpaired) electrons. The number of rotatable bonds is 3. The molecular weight excluding hydrogens is 446 g/mol. The van der Waals surface area contributed by atoms with Gasteiger partial charge in [-0.05, 0) is 79.2 Å². The summed E-state index contributed by atoms with van der Waals surface area (Å²) in [6, 6.07) is 34.0. The summed E-state index contributed by atoms with van der Waals surface area (Å²) in [7, 11) is 0. The van der Waals surface area contributed by atoms with E-state index in [1.54, 1.807) is 0 Å². The Kier molecular flexibility index (Phi) is 4.82. The highest BCUT2D eigenvalue weighted by molar-refractivity contribution is 6.19. The minimum absolute atomic E-state index is 0.0220. The number of pyridine rings is 1. The maximum Gasteiger partial charge on any atom is 0.0780 e. The van der Waals surface area contributed by atoms with Crippen LogP contribution in [0, 0.1) is 5.92 Å². The van der Waals surface area contributed by atoms with Crippen molar-refractivity contribution < 1.29 is 0 Å². The maximum atomic E-state index is 4.92. The molecule has 0 saturated heterocycles. The van der Waals surface area contributed by atoms with Gasteiger partial charge in [-0.1, -0.05) is 107 Å². The Morgan fingerprint density at radius 3 is 2.22 bits per heavy atom. The normalized spacial score (nSPS) is 14.0. The minimum atomic E-state index is -0.0220. The molecule has 7 rings (SSSR count). The molecule has 0 spiro atoms. The molecule has 0 bridgehead atoms. The molecule has 0 amide bonds. The van der Waals surface area contributed by atoms with Gasteiger partial charge in [0.15, 0.2) is 0 Å². The Bertz CT molecular complexity index is 1860. The smallest absolute Gasteiger partial charge is 0.0780 e. The molecule has 37 heavy (non-hydrogen) atoms. The Hall–Kier alpha value is -3.97. The average Bonchev–Trinajstić information content (AvgIpc) is 3.14. The molecule has 180 valence electrons. The van der Waals surface area contributed by atoms with Crippen molar-refractivity contribution in [3.8, 4) is 22.4 Å². The largest absolute Gasteiger partial charge is 0.256 e. The fraction of sp³-hybridized carbons (Fsp3) is 0.194. The van der Waals surface area contributed by atoms with Gasteiger partial charge in [-0.25, -0.2) is 0 Å². The van der Waals surface area contributed by atoms with Crippen LogP contribution in [0.2, 0.25) is 0 Å². The second-order valence-corrected chi connectivity index (χ2v) is 11.6. The van der Waals surface area contributed by atoms with Gasteiger partial charge in [-0.3, -0.25) is 4.98 Å². The second kappa shape index (κ2) is 8.02. The molecule has 0 saturated carbocycles. The van der Waals surface area contributed by atoms with Gasteiger partial charge in [0.1, 0.15) is 0 Å². The van der Waals surface area contributed by atoms with Crippen molar-refractivity contribution in [1.82, 2.24) is 4.98 Å². The summed E-state index contributed by atoms with van der Waals surface area (Å²) in [5.41, 5.74) is 9.12. The van der Waals surface area contributed by atoms with E-state index >= 15 is 0 Å². The molecule has 0 unspecified atom stereocenters. The fourth-order valence-electron chi connectivity index (χ4n) is 6.53. The molecule has 0 atom stereocenters. The third-order valence-electron chi connectivity index (χ3n) is 8.33. The van der Waals surface area contributed by atoms with E-state index in [0.717, 1.165) is 12.1 Å². The van der Waals surface area contributed by atoms with Crippen LogP contribution in [0.1, 0.15) is 44.4 Å². The van der Waals surface area contributed by atoms with Gasteiger partial charge < -0.3 is 0 Å². The van der Waals surface area contributed by atoms with Crippen LogP contribution in [-0.4, -0.2) is 4.98 Å². The Morgan fingerprint density at radius 1 is 0.649 bits per heavy atom. The summed E-state index contributed by atoms with van der Waals surface area (Å²) in [6.07, 6.45) is 3.08. The fourth-order valence-corrected chi connectivity index (χ4v) is 6.53. The monoisotopic (exact) mass is 477 g/mol. The second-order valence-electron chi connectivity index (χ2n) is 11.6. The molecule has 1 nitrogen and oxygen atoms in total. The van der Waals surface area contributed by atoms with Gasteiger partial charge in [-0.2, -0.15) is 0 Å². The van der Waals surface area contributed by atoms with Crippen molar-refractivity contribution in [2.24, 2.45) is 5.92 Å². The van der Waals surface area contributed by atoms with Crippen molar-refractivity contribution >= 4 is 32.3 Å². The van der Waals surface area contributed by atoms with Crippen molar-refractivity contribution in [1.29, 1.82) is 0 Å². The van der Waals surface area contributed by atoms with Crippen LogP contribution in [0.25, 0.3) is 54.7 Å². The lowest BCUT2D eigenvalue weighted by atomic mass is 9.81. The molecule has 1 aliphatic rings. The SMILES string of the molecule is CC(C)Cc1ccc2ccc3c4ccnc(-c5ccc6c(c5)C(C)(C)c5ccccc5-6)c4ccc3c2c1. The first-order valence-electron chi connectivity index (χ1n) is 13.4. The van der Waals surface area contributed by atoms with Gasteiger partial charge in [0.05, 0.1) is 5.69 Å². The highest BCUT2D eigenvalue weighted by Gasteiger charge is 2.35. The number of hydrogen-bond donors (Lipinski definition) is 0. The van der Waals surface area contributed by atoms with Crippen LogP contribution in [0.15, 0.2) is 97.2 Å². The summed E-state index contributed by atoms with van der Waals surface area (Å²) >= 11 is 0. The number of aromatic nitrogens is 1. The number of fused-ring (bicyclic) bond motifs is 8. The molecule has 0 fully saturated rings. The van der Waals surface area contributed by atoms with Gasteiger partial charge in [0, 0.05) is 22.6 Å². The minimum Gasteiger partial charge on any atom is -0.256 e. The Balaban J connectivity index is 1.42. The number of nitrogens with zero attached hydrogens (tertiary/aromatic N) is 1. The summed E-state index contributed by atoms with van der Waals surface area (Å²) in [5.74, 6) is 0.645. The van der Waals surface area contributed by atoms with Crippen molar-refractivity contribution in [3.05, 3.63) is 114 Å². The third-order valence-corrected chi connectivity index (χ3v) is 8.33. The van der Waals surface area contributed by atoms with Gasteiger partial charge >= 0.3 is 0 Å². The quantitative estimate of drug-likeness (QED) is 0.231. The molecule has 5 aromatic carbocycles. The first kappa shape index (κ1) is 22.2. The molecule has 1 heterocycles. The molecular formula is C36H31N. The highest BCUT2D eigenvalue weighted by Crippen LogP contribution is 2.49. The zero-order chi connectivity index (χ0) is 25.3. The van der Waals surface area contributed by atoms with E-state index in [-0.39, 0.29) is 5.41 Å². The molecule has 0 N–H and O–H groups in total. The van der Waals surface area contributed by atoms with Crippen LogP contribution in [0.3, 0.4) is 0 Å². The number of hydrogen-bond acceptors (Lipinski definition) is 1. The predicted molar refractivity (Wildman–Crippen MR) is 158 cm³/mol. The summed E-state index contributed by atoms with van der Waals surface area (Å²) < 4.78 is 0. The van der Waals surface area contributed by atoms with E-state index in [0.29, 0.717) is 5.92 Å². The van der Waals surface area contributed by atoms with Crippen molar-refractivity contribution in [3.63, 3.8) is 0 Å². The van der Waals surface area contributed by atoms with E-state index in [4.69, 9.17) is 4.98 Å². The predicted octanol–water partition coefficient (Wildman–Crippen LogP) is 9.71. The Labute approximate surface area is 218 Å². The van der Waals surface area contributed by atoms with Crippen molar-refractivity contribution in [2.45, 2.75) is 39.5 Å². The highest BCUT2D eigenvalue weighted by atomic mass is 14.7. The number of benzene rings is 5. The van der Waals surface area contributed by atoms with Crippen LogP contribution in [0.4, 0.5) is 0 Å². The zero-order valence-corrected chi connectivity index (χ0v) is 22.0. The summed E-state index contributed by atoms with van der Waals surface area (Å²) in [4.78, 5) is 4.92. The lowest BCUT2D eigenvalue weighted by Crippen LogP contribution is -2.14. The van der Waals surface area contributed by atoms with E-state index in [2.05, 4.69) is 119 Å². The van der Waals surface area contributed by atoms with Crippen LogP contribution < -0.4 is 0 Å². The topological polar surface area (TPSA) is 12.9 Å². The lowest BCUT2D eigenvalue weighted by Gasteiger charge is -2.22. The van der Waals surface area contributed by atoms with E-state index < -0.39 is 0 Å². The summed E-state index contributed by atoms with van der Waals surface area (Å²) in [6.45, 7) is 9.25.